The van der Waals surface area contributed by atoms with Gasteiger partial charge in [0.2, 0.25) is 5.91 Å². The zero-order valence-electron chi connectivity index (χ0n) is 11.8. The van der Waals surface area contributed by atoms with Crippen LogP contribution in [0, 0.1) is 0 Å². The molecule has 22 heavy (non-hydrogen) atoms. The molecule has 1 amide bonds. The maximum atomic E-state index is 11.2. The summed E-state index contributed by atoms with van der Waals surface area (Å²) in [7, 11) is 0. The van der Waals surface area contributed by atoms with Crippen LogP contribution in [0.1, 0.15) is 17.9 Å². The molecule has 1 saturated heterocycles. The first-order valence-corrected chi connectivity index (χ1v) is 6.74. The molecule has 0 aliphatic carbocycles. The largest absolute Gasteiger partial charge is 0.506 e. The number of aromatic nitrogens is 1. The van der Waals surface area contributed by atoms with Crippen molar-refractivity contribution in [2.75, 3.05) is 6.54 Å². The maximum absolute atomic E-state index is 11.2. The molecule has 1 aromatic carbocycles. The van der Waals surface area contributed by atoms with Crippen molar-refractivity contribution < 1.29 is 19.8 Å². The third-order valence-corrected chi connectivity index (χ3v) is 3.40. The van der Waals surface area contributed by atoms with Crippen molar-refractivity contribution in [2.45, 2.75) is 12.3 Å². The fraction of sp³-hybridized carbons (Fsp3) is 0.188. The van der Waals surface area contributed by atoms with Gasteiger partial charge in [0.25, 0.3) is 6.47 Å². The predicted molar refractivity (Wildman–Crippen MR) is 80.4 cm³/mol. The first kappa shape index (κ1) is 15.5. The molecule has 1 atom stereocenters. The summed E-state index contributed by atoms with van der Waals surface area (Å²) in [6.45, 7) is 0.468. The second kappa shape index (κ2) is 7.21. The van der Waals surface area contributed by atoms with Gasteiger partial charge in [-0.3, -0.25) is 14.6 Å². The van der Waals surface area contributed by atoms with E-state index in [9.17, 15) is 9.90 Å². The van der Waals surface area contributed by atoms with Crippen molar-refractivity contribution in [2.24, 2.45) is 0 Å². The highest BCUT2D eigenvalue weighted by Gasteiger charge is 2.22. The van der Waals surface area contributed by atoms with Crippen LogP contribution in [0.5, 0.6) is 5.75 Å². The van der Waals surface area contributed by atoms with Crippen LogP contribution in [0.15, 0.2) is 42.6 Å². The molecule has 0 saturated carbocycles. The number of nitrogens with one attached hydrogen (secondary N) is 1. The number of carbonyl (C=O) groups is 2. The van der Waals surface area contributed by atoms with Crippen LogP contribution in [-0.2, 0) is 9.59 Å². The Hall–Kier alpha value is -2.89. The molecular formula is C16H16N2O4. The number of hydrogen-bond donors (Lipinski definition) is 3. The lowest BCUT2D eigenvalue weighted by atomic mass is 9.96. The van der Waals surface area contributed by atoms with Crippen molar-refractivity contribution in [1.82, 2.24) is 10.3 Å². The van der Waals surface area contributed by atoms with E-state index >= 15 is 0 Å². The summed E-state index contributed by atoms with van der Waals surface area (Å²) in [5, 5.41) is 18.9. The van der Waals surface area contributed by atoms with E-state index in [4.69, 9.17) is 9.90 Å². The molecule has 6 nitrogen and oxygen atoms in total. The molecule has 1 aliphatic heterocycles. The van der Waals surface area contributed by atoms with Crippen LogP contribution in [0.25, 0.3) is 11.3 Å². The van der Waals surface area contributed by atoms with Gasteiger partial charge in [-0.2, -0.15) is 0 Å². The van der Waals surface area contributed by atoms with Crippen LogP contribution >= 0.6 is 0 Å². The van der Waals surface area contributed by atoms with Crippen molar-refractivity contribution in [3.8, 4) is 17.0 Å². The van der Waals surface area contributed by atoms with E-state index in [1.807, 2.05) is 24.3 Å². The fourth-order valence-corrected chi connectivity index (χ4v) is 2.32. The molecule has 1 aliphatic rings. The highest BCUT2D eigenvalue weighted by atomic mass is 16.3. The number of rotatable bonds is 2. The van der Waals surface area contributed by atoms with E-state index in [1.165, 1.54) is 11.8 Å². The number of nitrogens with zero attached hydrogens (tertiary/aromatic N) is 1. The SMILES string of the molecule is O=C1CC(c2ccc(-c3ccc(O)cn3)cc2)CN1.O=CO. The van der Waals surface area contributed by atoms with Gasteiger partial charge in [0, 0.05) is 24.4 Å². The van der Waals surface area contributed by atoms with Gasteiger partial charge in [-0.25, -0.2) is 0 Å². The lowest BCUT2D eigenvalue weighted by Gasteiger charge is -2.08. The molecule has 1 unspecified atom stereocenters. The predicted octanol–water partition coefficient (Wildman–Crippen LogP) is 1.76. The molecule has 1 aromatic heterocycles. The van der Waals surface area contributed by atoms with Crippen LogP contribution in [0.3, 0.4) is 0 Å². The molecule has 2 aromatic rings. The maximum Gasteiger partial charge on any atom is 0.290 e. The Kier molecular flexibility index (Phi) is 5.08. The van der Waals surface area contributed by atoms with Crippen molar-refractivity contribution >= 4 is 12.4 Å². The molecular weight excluding hydrogens is 284 g/mol. The Bertz CT molecular complexity index is 638. The van der Waals surface area contributed by atoms with Gasteiger partial charge in [-0.1, -0.05) is 24.3 Å². The fourth-order valence-electron chi connectivity index (χ4n) is 2.32. The van der Waals surface area contributed by atoms with Crippen LogP contribution in [-0.4, -0.2) is 34.1 Å². The van der Waals surface area contributed by atoms with Crippen LogP contribution in [0.4, 0.5) is 0 Å². The Morgan fingerprint density at radius 1 is 1.18 bits per heavy atom. The number of carbonyl (C=O) groups excluding carboxylic acids is 1. The number of amides is 1. The van der Waals surface area contributed by atoms with E-state index in [0.29, 0.717) is 6.42 Å². The smallest absolute Gasteiger partial charge is 0.290 e. The third-order valence-electron chi connectivity index (χ3n) is 3.40. The standard InChI is InChI=1S/C15H14N2O2.CH2O2/c18-13-5-6-14(16-9-13)11-3-1-10(2-4-11)12-7-15(19)17-8-12;2-1-3/h1-6,9,12,18H,7-8H2,(H,17,19);1H,(H,2,3). The summed E-state index contributed by atoms with van der Waals surface area (Å²) in [4.78, 5) is 23.7. The first-order valence-electron chi connectivity index (χ1n) is 6.74. The van der Waals surface area contributed by atoms with Gasteiger partial charge in [-0.15, -0.1) is 0 Å². The highest BCUT2D eigenvalue weighted by molar-refractivity contribution is 5.79. The van der Waals surface area contributed by atoms with E-state index in [1.54, 1.807) is 12.1 Å². The minimum Gasteiger partial charge on any atom is -0.506 e. The Labute approximate surface area is 127 Å². The van der Waals surface area contributed by atoms with E-state index < -0.39 is 0 Å². The molecule has 0 bridgehead atoms. The summed E-state index contributed by atoms with van der Waals surface area (Å²) in [5.41, 5.74) is 2.99. The molecule has 3 N–H and O–H groups in total. The molecule has 0 radical (unpaired) electrons. The Morgan fingerprint density at radius 3 is 2.36 bits per heavy atom. The van der Waals surface area contributed by atoms with E-state index in [2.05, 4.69) is 10.3 Å². The Balaban J connectivity index is 0.000000545. The minimum atomic E-state index is -0.250. The summed E-state index contributed by atoms with van der Waals surface area (Å²) >= 11 is 0. The molecule has 6 heteroatoms. The lowest BCUT2D eigenvalue weighted by Crippen LogP contribution is -2.13. The van der Waals surface area contributed by atoms with Crippen molar-refractivity contribution in [3.63, 3.8) is 0 Å². The average molecular weight is 300 g/mol. The van der Waals surface area contributed by atoms with E-state index in [-0.39, 0.29) is 24.0 Å². The van der Waals surface area contributed by atoms with Crippen LogP contribution < -0.4 is 5.32 Å². The normalized spacial score (nSPS) is 16.4. The average Bonchev–Trinajstić information content (AvgIpc) is 2.96. The molecule has 0 spiro atoms. The summed E-state index contributed by atoms with van der Waals surface area (Å²) < 4.78 is 0. The van der Waals surface area contributed by atoms with Gasteiger partial charge in [0.1, 0.15) is 5.75 Å². The number of aromatic hydroxyl groups is 1. The quantitative estimate of drug-likeness (QED) is 0.734. The molecule has 3 rings (SSSR count). The third kappa shape index (κ3) is 3.82. The highest BCUT2D eigenvalue weighted by Crippen LogP contribution is 2.26. The van der Waals surface area contributed by atoms with Gasteiger partial charge in [0.15, 0.2) is 0 Å². The van der Waals surface area contributed by atoms with Gasteiger partial charge in [0.05, 0.1) is 11.9 Å². The zero-order valence-corrected chi connectivity index (χ0v) is 11.8. The topological polar surface area (TPSA) is 99.5 Å². The summed E-state index contributed by atoms with van der Waals surface area (Å²) in [5.74, 6) is 0.555. The molecule has 2 heterocycles. The summed E-state index contributed by atoms with van der Waals surface area (Å²) in [6.07, 6.45) is 2.00. The van der Waals surface area contributed by atoms with E-state index in [0.717, 1.165) is 17.8 Å². The second-order valence-corrected chi connectivity index (χ2v) is 4.83. The first-order chi connectivity index (χ1) is 10.6. The molecule has 114 valence electrons. The van der Waals surface area contributed by atoms with Gasteiger partial charge >= 0.3 is 0 Å². The molecule has 1 fully saturated rings. The lowest BCUT2D eigenvalue weighted by molar-refractivity contribution is -0.123. The number of hydrogen-bond acceptors (Lipinski definition) is 4. The number of pyridine rings is 1. The van der Waals surface area contributed by atoms with Crippen LogP contribution in [0.2, 0.25) is 0 Å². The number of benzene rings is 1. The second-order valence-electron chi connectivity index (χ2n) is 4.83. The minimum absolute atomic E-state index is 0.120. The number of carboxylic acid groups (broad SMARTS) is 1. The monoisotopic (exact) mass is 300 g/mol. The van der Waals surface area contributed by atoms with Gasteiger partial charge < -0.3 is 15.5 Å². The zero-order chi connectivity index (χ0) is 15.9. The Morgan fingerprint density at radius 2 is 1.86 bits per heavy atom. The summed E-state index contributed by atoms with van der Waals surface area (Å²) in [6, 6.07) is 11.5. The van der Waals surface area contributed by atoms with Crippen molar-refractivity contribution in [1.29, 1.82) is 0 Å². The van der Waals surface area contributed by atoms with Crippen molar-refractivity contribution in [3.05, 3.63) is 48.2 Å². The van der Waals surface area contributed by atoms with Gasteiger partial charge in [-0.05, 0) is 17.7 Å².